The molecule has 68 valence electrons. The van der Waals surface area contributed by atoms with Crippen LogP contribution in [0.25, 0.3) is 6.08 Å². The molecule has 0 spiro atoms. The molecule has 0 aliphatic heterocycles. The van der Waals surface area contributed by atoms with Gasteiger partial charge in [0, 0.05) is 12.0 Å². The Bertz CT molecular complexity index is 421. The van der Waals surface area contributed by atoms with E-state index in [0.29, 0.717) is 5.92 Å². The Morgan fingerprint density at radius 2 is 2.21 bits per heavy atom. The second-order valence-corrected chi connectivity index (χ2v) is 3.36. The standard InChI is InChI=1S/C13H11N/c14-10-4-3-6-12-9-8-11-5-1-2-7-13(11)12/h1-5,7-9,12H,6H2. The molecule has 1 aliphatic rings. The van der Waals surface area contributed by atoms with E-state index in [1.54, 1.807) is 6.08 Å². The van der Waals surface area contributed by atoms with Crippen LogP contribution in [0.4, 0.5) is 0 Å². The molecule has 0 heterocycles. The van der Waals surface area contributed by atoms with Crippen LogP contribution >= 0.6 is 0 Å². The number of fused-ring (bicyclic) bond motifs is 1. The molecule has 1 heteroatoms. The number of nitrogens with zero attached hydrogens (tertiary/aromatic N) is 1. The molecular formula is C13H11N. The van der Waals surface area contributed by atoms with Crippen LogP contribution < -0.4 is 0 Å². The summed E-state index contributed by atoms with van der Waals surface area (Å²) < 4.78 is 0. The molecule has 0 radical (unpaired) electrons. The third-order valence-corrected chi connectivity index (χ3v) is 2.49. The number of hydrogen-bond donors (Lipinski definition) is 0. The molecule has 0 saturated heterocycles. The average molecular weight is 181 g/mol. The molecule has 0 amide bonds. The smallest absolute Gasteiger partial charge is 0.0908 e. The van der Waals surface area contributed by atoms with Crippen LogP contribution in [0.15, 0.2) is 42.5 Å². The second kappa shape index (κ2) is 3.93. The summed E-state index contributed by atoms with van der Waals surface area (Å²) in [5.41, 5.74) is 2.68. The van der Waals surface area contributed by atoms with Crippen molar-refractivity contribution in [3.05, 3.63) is 53.6 Å². The fourth-order valence-electron chi connectivity index (χ4n) is 1.80. The predicted octanol–water partition coefficient (Wildman–Crippen LogP) is 3.27. The zero-order valence-corrected chi connectivity index (χ0v) is 7.85. The third kappa shape index (κ3) is 1.60. The summed E-state index contributed by atoms with van der Waals surface area (Å²) in [6, 6.07) is 10.4. The van der Waals surface area contributed by atoms with E-state index >= 15 is 0 Å². The van der Waals surface area contributed by atoms with E-state index in [0.717, 1.165) is 6.42 Å². The van der Waals surface area contributed by atoms with E-state index in [9.17, 15) is 0 Å². The molecule has 0 bridgehead atoms. The molecule has 14 heavy (non-hydrogen) atoms. The van der Waals surface area contributed by atoms with Crippen LogP contribution in [0, 0.1) is 11.3 Å². The van der Waals surface area contributed by atoms with E-state index < -0.39 is 0 Å². The van der Waals surface area contributed by atoms with Gasteiger partial charge in [-0.25, -0.2) is 0 Å². The zero-order chi connectivity index (χ0) is 9.80. The number of benzene rings is 1. The maximum absolute atomic E-state index is 8.38. The average Bonchev–Trinajstić information content (AvgIpc) is 2.63. The molecule has 0 N–H and O–H groups in total. The van der Waals surface area contributed by atoms with Gasteiger partial charge >= 0.3 is 0 Å². The third-order valence-electron chi connectivity index (χ3n) is 2.49. The van der Waals surface area contributed by atoms with Crippen LogP contribution in [-0.2, 0) is 0 Å². The van der Waals surface area contributed by atoms with Crippen molar-refractivity contribution in [2.45, 2.75) is 12.3 Å². The van der Waals surface area contributed by atoms with Gasteiger partial charge < -0.3 is 0 Å². The monoisotopic (exact) mass is 181 g/mol. The Kier molecular flexibility index (Phi) is 2.46. The maximum Gasteiger partial charge on any atom is 0.0908 e. The Morgan fingerprint density at radius 3 is 3.07 bits per heavy atom. The van der Waals surface area contributed by atoms with E-state index in [-0.39, 0.29) is 0 Å². The van der Waals surface area contributed by atoms with Gasteiger partial charge in [-0.1, -0.05) is 42.5 Å². The van der Waals surface area contributed by atoms with Crippen LogP contribution in [0.5, 0.6) is 0 Å². The SMILES string of the molecule is N#CC=CCC1C=Cc2ccccc21. The van der Waals surface area contributed by atoms with Gasteiger partial charge in [0.1, 0.15) is 0 Å². The van der Waals surface area contributed by atoms with Gasteiger partial charge in [0.15, 0.2) is 0 Å². The first-order chi connectivity index (χ1) is 6.92. The lowest BCUT2D eigenvalue weighted by Crippen LogP contribution is -1.90. The first-order valence-electron chi connectivity index (χ1n) is 4.73. The molecule has 0 aromatic heterocycles. The Morgan fingerprint density at radius 1 is 1.36 bits per heavy atom. The van der Waals surface area contributed by atoms with Gasteiger partial charge in [0.2, 0.25) is 0 Å². The molecule has 1 aromatic rings. The van der Waals surface area contributed by atoms with Gasteiger partial charge in [-0.2, -0.15) is 5.26 Å². The fraction of sp³-hybridized carbons (Fsp3) is 0.154. The number of nitriles is 1. The molecule has 1 aromatic carbocycles. The van der Waals surface area contributed by atoms with E-state index in [1.165, 1.54) is 11.1 Å². The molecule has 1 nitrogen and oxygen atoms in total. The van der Waals surface area contributed by atoms with Crippen molar-refractivity contribution in [1.82, 2.24) is 0 Å². The van der Waals surface area contributed by atoms with Crippen LogP contribution in [0.1, 0.15) is 23.5 Å². The molecule has 1 unspecified atom stereocenters. The number of rotatable bonds is 2. The topological polar surface area (TPSA) is 23.8 Å². The number of allylic oxidation sites excluding steroid dienone is 3. The van der Waals surface area contributed by atoms with Crippen LogP contribution in [0.2, 0.25) is 0 Å². The first kappa shape index (κ1) is 8.77. The van der Waals surface area contributed by atoms with Crippen molar-refractivity contribution in [3.8, 4) is 6.07 Å². The van der Waals surface area contributed by atoms with Crippen LogP contribution in [-0.4, -0.2) is 0 Å². The molecule has 0 saturated carbocycles. The first-order valence-corrected chi connectivity index (χ1v) is 4.73. The second-order valence-electron chi connectivity index (χ2n) is 3.36. The molecular weight excluding hydrogens is 170 g/mol. The lowest BCUT2D eigenvalue weighted by atomic mass is 9.97. The lowest BCUT2D eigenvalue weighted by Gasteiger charge is -2.06. The van der Waals surface area contributed by atoms with Crippen LogP contribution in [0.3, 0.4) is 0 Å². The molecule has 2 rings (SSSR count). The van der Waals surface area contributed by atoms with Crippen molar-refractivity contribution in [1.29, 1.82) is 5.26 Å². The van der Waals surface area contributed by atoms with Gasteiger partial charge in [0.05, 0.1) is 6.07 Å². The predicted molar refractivity (Wildman–Crippen MR) is 57.6 cm³/mol. The quantitative estimate of drug-likeness (QED) is 0.642. The molecule has 1 atom stereocenters. The highest BCUT2D eigenvalue weighted by Crippen LogP contribution is 2.32. The van der Waals surface area contributed by atoms with E-state index in [4.69, 9.17) is 5.26 Å². The highest BCUT2D eigenvalue weighted by atomic mass is 14.2. The maximum atomic E-state index is 8.38. The Balaban J connectivity index is 2.15. The largest absolute Gasteiger partial charge is 0.193 e. The summed E-state index contributed by atoms with van der Waals surface area (Å²) in [6.45, 7) is 0. The van der Waals surface area contributed by atoms with Gasteiger partial charge in [-0.3, -0.25) is 0 Å². The van der Waals surface area contributed by atoms with Crippen molar-refractivity contribution >= 4 is 6.08 Å². The highest BCUT2D eigenvalue weighted by molar-refractivity contribution is 5.62. The van der Waals surface area contributed by atoms with E-state index in [2.05, 4.69) is 36.4 Å². The highest BCUT2D eigenvalue weighted by Gasteiger charge is 2.14. The summed E-state index contributed by atoms with van der Waals surface area (Å²) in [7, 11) is 0. The van der Waals surface area contributed by atoms with Crippen molar-refractivity contribution in [2.24, 2.45) is 0 Å². The van der Waals surface area contributed by atoms with Gasteiger partial charge in [0.25, 0.3) is 0 Å². The minimum Gasteiger partial charge on any atom is -0.193 e. The minimum absolute atomic E-state index is 0.454. The van der Waals surface area contributed by atoms with Crippen molar-refractivity contribution < 1.29 is 0 Å². The Labute approximate surface area is 84.0 Å². The van der Waals surface area contributed by atoms with E-state index in [1.807, 2.05) is 12.1 Å². The van der Waals surface area contributed by atoms with Crippen molar-refractivity contribution in [2.75, 3.05) is 0 Å². The van der Waals surface area contributed by atoms with Gasteiger partial charge in [-0.05, 0) is 17.5 Å². The summed E-state index contributed by atoms with van der Waals surface area (Å²) in [5, 5.41) is 8.38. The fourth-order valence-corrected chi connectivity index (χ4v) is 1.80. The molecule has 1 aliphatic carbocycles. The summed E-state index contributed by atoms with van der Waals surface area (Å²) >= 11 is 0. The summed E-state index contributed by atoms with van der Waals surface area (Å²) in [6.07, 6.45) is 8.75. The lowest BCUT2D eigenvalue weighted by molar-refractivity contribution is 0.880. The normalized spacial score (nSPS) is 18.4. The molecule has 0 fully saturated rings. The zero-order valence-electron chi connectivity index (χ0n) is 7.85. The number of hydrogen-bond acceptors (Lipinski definition) is 1. The van der Waals surface area contributed by atoms with Crippen molar-refractivity contribution in [3.63, 3.8) is 0 Å². The summed E-state index contributed by atoms with van der Waals surface area (Å²) in [4.78, 5) is 0. The summed E-state index contributed by atoms with van der Waals surface area (Å²) in [5.74, 6) is 0.454. The Hall–Kier alpha value is -1.81. The van der Waals surface area contributed by atoms with Gasteiger partial charge in [-0.15, -0.1) is 0 Å². The minimum atomic E-state index is 0.454.